The van der Waals surface area contributed by atoms with Crippen LogP contribution in [-0.4, -0.2) is 13.1 Å². The Hall–Kier alpha value is 0.240. The van der Waals surface area contributed by atoms with Crippen LogP contribution >= 0.6 is 34.5 Å². The molecule has 0 amide bonds. The first kappa shape index (κ1) is 9.78. The van der Waals surface area contributed by atoms with E-state index in [0.29, 0.717) is 10.9 Å². The third-order valence-electron chi connectivity index (χ3n) is 2.41. The van der Waals surface area contributed by atoms with E-state index in [2.05, 4.69) is 5.32 Å². The predicted octanol–water partition coefficient (Wildman–Crippen LogP) is 3.52. The zero-order valence-corrected chi connectivity index (χ0v) is 9.48. The average molecular weight is 236 g/mol. The lowest BCUT2D eigenvalue weighted by Gasteiger charge is -2.21. The van der Waals surface area contributed by atoms with Crippen molar-refractivity contribution in [1.29, 1.82) is 0 Å². The Bertz CT molecular complexity index is 272. The van der Waals surface area contributed by atoms with Crippen LogP contribution in [0, 0.1) is 0 Å². The van der Waals surface area contributed by atoms with E-state index < -0.39 is 0 Å². The molecule has 1 aromatic heterocycles. The molecule has 2 rings (SSSR count). The molecule has 0 radical (unpaired) electrons. The van der Waals surface area contributed by atoms with E-state index in [4.69, 9.17) is 23.2 Å². The van der Waals surface area contributed by atoms with E-state index >= 15 is 0 Å². The smallest absolute Gasteiger partial charge is 0.112 e. The number of hydrogen-bond donors (Lipinski definition) is 1. The van der Waals surface area contributed by atoms with E-state index in [1.54, 1.807) is 11.3 Å². The molecule has 1 nitrogen and oxygen atoms in total. The second-order valence-corrected chi connectivity index (χ2v) is 5.39. The Balaban J connectivity index is 2.14. The number of hydrogen-bond acceptors (Lipinski definition) is 2. The number of halogens is 2. The van der Waals surface area contributed by atoms with Crippen LogP contribution in [0.1, 0.15) is 23.6 Å². The van der Waals surface area contributed by atoms with Crippen molar-refractivity contribution in [3.8, 4) is 0 Å². The molecular formula is C9H11Cl2NS. The van der Waals surface area contributed by atoms with Gasteiger partial charge >= 0.3 is 0 Å². The fourth-order valence-corrected chi connectivity index (χ4v) is 3.23. The zero-order valence-electron chi connectivity index (χ0n) is 7.15. The predicted molar refractivity (Wildman–Crippen MR) is 59.2 cm³/mol. The summed E-state index contributed by atoms with van der Waals surface area (Å²) in [7, 11) is 0. The third kappa shape index (κ3) is 2.18. The van der Waals surface area contributed by atoms with Crippen molar-refractivity contribution >= 4 is 34.5 Å². The highest BCUT2D eigenvalue weighted by molar-refractivity contribution is 7.17. The van der Waals surface area contributed by atoms with Gasteiger partial charge in [-0.15, -0.1) is 11.3 Å². The summed E-state index contributed by atoms with van der Waals surface area (Å²) in [6, 6.07) is 2.02. The fraction of sp³-hybridized carbons (Fsp3) is 0.556. The van der Waals surface area contributed by atoms with Gasteiger partial charge in [-0.2, -0.15) is 0 Å². The first-order chi connectivity index (χ1) is 6.27. The van der Waals surface area contributed by atoms with E-state index in [1.165, 1.54) is 17.7 Å². The van der Waals surface area contributed by atoms with Gasteiger partial charge < -0.3 is 5.32 Å². The van der Waals surface area contributed by atoms with Gasteiger partial charge in [0.15, 0.2) is 0 Å². The van der Waals surface area contributed by atoms with Gasteiger partial charge in [0.25, 0.3) is 0 Å². The van der Waals surface area contributed by atoms with Crippen LogP contribution in [-0.2, 0) is 0 Å². The summed E-state index contributed by atoms with van der Waals surface area (Å²) in [4.78, 5) is 1.34. The van der Waals surface area contributed by atoms with Crippen molar-refractivity contribution in [2.45, 2.75) is 18.8 Å². The minimum absolute atomic E-state index is 0.663. The summed E-state index contributed by atoms with van der Waals surface area (Å²) in [5.74, 6) is 0.663. The number of thiophene rings is 1. The van der Waals surface area contributed by atoms with Crippen LogP contribution in [0.3, 0.4) is 0 Å². The van der Waals surface area contributed by atoms with E-state index in [1.807, 2.05) is 6.07 Å². The van der Waals surface area contributed by atoms with E-state index in [9.17, 15) is 0 Å². The molecule has 1 fully saturated rings. The normalized spacial score (nSPS) is 19.2. The van der Waals surface area contributed by atoms with Crippen LogP contribution in [0.2, 0.25) is 9.36 Å². The standard InChI is InChI=1S/C9H11Cl2NS/c10-7-5-8(13-9(7)11)6-1-3-12-4-2-6/h5-6,12H,1-4H2. The summed E-state index contributed by atoms with van der Waals surface area (Å²) < 4.78 is 0.732. The first-order valence-electron chi connectivity index (χ1n) is 4.43. The summed E-state index contributed by atoms with van der Waals surface area (Å²) in [5.41, 5.74) is 0. The maximum absolute atomic E-state index is 5.92. The molecule has 1 N–H and O–H groups in total. The van der Waals surface area contributed by atoms with Crippen molar-refractivity contribution < 1.29 is 0 Å². The van der Waals surface area contributed by atoms with Gasteiger partial charge in [0.05, 0.1) is 5.02 Å². The second-order valence-electron chi connectivity index (χ2n) is 3.29. The summed E-state index contributed by atoms with van der Waals surface area (Å²) in [6.45, 7) is 2.22. The van der Waals surface area contributed by atoms with Crippen LogP contribution in [0.5, 0.6) is 0 Å². The molecule has 1 aliphatic heterocycles. The Morgan fingerprint density at radius 3 is 2.54 bits per heavy atom. The molecule has 1 aromatic rings. The number of rotatable bonds is 1. The van der Waals surface area contributed by atoms with Gasteiger partial charge in [0.2, 0.25) is 0 Å². The Morgan fingerprint density at radius 2 is 2.00 bits per heavy atom. The average Bonchev–Trinajstić information content (AvgIpc) is 2.49. The Labute approximate surface area is 92.0 Å². The van der Waals surface area contributed by atoms with Crippen molar-refractivity contribution in [3.63, 3.8) is 0 Å². The highest BCUT2D eigenvalue weighted by Gasteiger charge is 2.18. The molecule has 4 heteroatoms. The van der Waals surface area contributed by atoms with Gasteiger partial charge in [0, 0.05) is 4.88 Å². The number of nitrogens with one attached hydrogen (secondary N) is 1. The summed E-state index contributed by atoms with van der Waals surface area (Å²) in [5, 5.41) is 4.05. The van der Waals surface area contributed by atoms with Crippen LogP contribution < -0.4 is 5.32 Å². The van der Waals surface area contributed by atoms with Gasteiger partial charge in [0.1, 0.15) is 4.34 Å². The highest BCUT2D eigenvalue weighted by Crippen LogP contribution is 2.38. The van der Waals surface area contributed by atoms with E-state index in [-0.39, 0.29) is 0 Å². The number of piperidine rings is 1. The van der Waals surface area contributed by atoms with Crippen LogP contribution in [0.25, 0.3) is 0 Å². The zero-order chi connectivity index (χ0) is 9.26. The minimum atomic E-state index is 0.663. The fourth-order valence-electron chi connectivity index (χ4n) is 1.67. The van der Waals surface area contributed by atoms with Crippen molar-refractivity contribution in [2.24, 2.45) is 0 Å². The highest BCUT2D eigenvalue weighted by atomic mass is 35.5. The molecule has 0 aliphatic carbocycles. The van der Waals surface area contributed by atoms with Crippen molar-refractivity contribution in [3.05, 3.63) is 20.3 Å². The monoisotopic (exact) mass is 235 g/mol. The molecule has 0 unspecified atom stereocenters. The molecule has 1 saturated heterocycles. The molecule has 0 aromatic carbocycles. The van der Waals surface area contributed by atoms with Crippen LogP contribution in [0.15, 0.2) is 6.07 Å². The van der Waals surface area contributed by atoms with Crippen molar-refractivity contribution in [1.82, 2.24) is 5.32 Å². The Morgan fingerprint density at radius 1 is 1.31 bits per heavy atom. The van der Waals surface area contributed by atoms with Gasteiger partial charge in [-0.25, -0.2) is 0 Å². The van der Waals surface area contributed by atoms with Gasteiger partial charge in [-0.1, -0.05) is 23.2 Å². The summed E-state index contributed by atoms with van der Waals surface area (Å²) >= 11 is 13.5. The van der Waals surface area contributed by atoms with Crippen LogP contribution in [0.4, 0.5) is 0 Å². The molecule has 72 valence electrons. The lowest BCUT2D eigenvalue weighted by molar-refractivity contribution is 0.465. The third-order valence-corrected chi connectivity index (χ3v) is 4.43. The Kier molecular flexibility index (Phi) is 3.14. The second kappa shape index (κ2) is 4.18. The van der Waals surface area contributed by atoms with Gasteiger partial charge in [-0.3, -0.25) is 0 Å². The molecule has 13 heavy (non-hydrogen) atoms. The minimum Gasteiger partial charge on any atom is -0.317 e. The van der Waals surface area contributed by atoms with E-state index in [0.717, 1.165) is 17.4 Å². The largest absolute Gasteiger partial charge is 0.317 e. The molecule has 1 aliphatic rings. The molecule has 0 spiro atoms. The van der Waals surface area contributed by atoms with Crippen molar-refractivity contribution in [2.75, 3.05) is 13.1 Å². The molecule has 0 bridgehead atoms. The molecule has 2 heterocycles. The molecule has 0 saturated carbocycles. The quantitative estimate of drug-likeness (QED) is 0.786. The topological polar surface area (TPSA) is 12.0 Å². The molecular weight excluding hydrogens is 225 g/mol. The lowest BCUT2D eigenvalue weighted by atomic mass is 9.97. The SMILES string of the molecule is Clc1cc(C2CCNCC2)sc1Cl. The first-order valence-corrected chi connectivity index (χ1v) is 6.00. The van der Waals surface area contributed by atoms with Gasteiger partial charge in [-0.05, 0) is 37.9 Å². The maximum Gasteiger partial charge on any atom is 0.112 e. The lowest BCUT2D eigenvalue weighted by Crippen LogP contribution is -2.26. The molecule has 0 atom stereocenters. The maximum atomic E-state index is 5.92. The summed E-state index contributed by atoms with van der Waals surface area (Å²) in [6.07, 6.45) is 2.40.